The first-order valence-corrected chi connectivity index (χ1v) is 10.5. The van der Waals surface area contributed by atoms with E-state index in [-0.39, 0.29) is 0 Å². The Morgan fingerprint density at radius 1 is 0.933 bits per heavy atom. The van der Waals surface area contributed by atoms with Crippen LogP contribution < -0.4 is 9.47 Å². The molecular weight excluding hydrogens is 396 g/mol. The summed E-state index contributed by atoms with van der Waals surface area (Å²) in [4.78, 5) is 4.88. The van der Waals surface area contributed by atoms with E-state index in [0.29, 0.717) is 6.61 Å². The van der Waals surface area contributed by atoms with E-state index in [4.69, 9.17) is 26.1 Å². The average molecular weight is 421 g/mol. The number of methoxy groups -OCH3 is 1. The molecule has 0 N–H and O–H groups in total. The molecule has 0 bridgehead atoms. The molecule has 4 aromatic rings. The molecule has 0 aliphatic rings. The molecule has 0 fully saturated rings. The van der Waals surface area contributed by atoms with Crippen molar-refractivity contribution in [1.82, 2.24) is 9.55 Å². The van der Waals surface area contributed by atoms with E-state index in [9.17, 15) is 0 Å². The molecule has 0 aliphatic carbocycles. The summed E-state index contributed by atoms with van der Waals surface area (Å²) in [6.45, 7) is 3.54. The highest BCUT2D eigenvalue weighted by atomic mass is 35.5. The van der Waals surface area contributed by atoms with Gasteiger partial charge in [-0.25, -0.2) is 4.98 Å². The van der Waals surface area contributed by atoms with Crippen LogP contribution in [-0.4, -0.2) is 23.3 Å². The van der Waals surface area contributed by atoms with Crippen LogP contribution in [0.25, 0.3) is 22.4 Å². The van der Waals surface area contributed by atoms with Crippen LogP contribution in [0.5, 0.6) is 11.5 Å². The summed E-state index contributed by atoms with van der Waals surface area (Å²) < 4.78 is 13.5. The van der Waals surface area contributed by atoms with Crippen molar-refractivity contribution in [3.05, 3.63) is 77.3 Å². The summed E-state index contributed by atoms with van der Waals surface area (Å²) in [5.74, 6) is 2.69. The lowest BCUT2D eigenvalue weighted by Gasteiger charge is -2.11. The lowest BCUT2D eigenvalue weighted by atomic mass is 10.2. The van der Waals surface area contributed by atoms with Gasteiger partial charge in [0.05, 0.1) is 24.8 Å². The van der Waals surface area contributed by atoms with Gasteiger partial charge in [0.1, 0.15) is 17.3 Å². The fourth-order valence-electron chi connectivity index (χ4n) is 3.53. The highest BCUT2D eigenvalue weighted by Gasteiger charge is 2.12. The maximum absolute atomic E-state index is 6.08. The summed E-state index contributed by atoms with van der Waals surface area (Å²) in [6, 6.07) is 22.1. The van der Waals surface area contributed by atoms with Crippen LogP contribution in [0.1, 0.15) is 18.4 Å². The number of benzene rings is 3. The number of ether oxygens (including phenoxy) is 2. The van der Waals surface area contributed by atoms with Crippen molar-refractivity contribution < 1.29 is 9.47 Å². The van der Waals surface area contributed by atoms with Gasteiger partial charge in [-0.1, -0.05) is 23.7 Å². The van der Waals surface area contributed by atoms with Gasteiger partial charge < -0.3 is 14.0 Å². The molecule has 4 rings (SSSR count). The third-order valence-electron chi connectivity index (χ3n) is 5.18. The van der Waals surface area contributed by atoms with Crippen LogP contribution in [0.3, 0.4) is 0 Å². The topological polar surface area (TPSA) is 36.3 Å². The van der Waals surface area contributed by atoms with Crippen LogP contribution >= 0.6 is 11.6 Å². The fourth-order valence-corrected chi connectivity index (χ4v) is 3.65. The molecule has 3 aromatic carbocycles. The lowest BCUT2D eigenvalue weighted by Crippen LogP contribution is -2.04. The van der Waals surface area contributed by atoms with Gasteiger partial charge in [0.25, 0.3) is 0 Å². The Bertz CT molecular complexity index is 1140. The SMILES string of the molecule is COc1ccc(-c2nc3ccccc3n2CCCCOc2ccc(Cl)c(C)c2)cc1. The van der Waals surface area contributed by atoms with Crippen molar-refractivity contribution in [2.75, 3.05) is 13.7 Å². The molecule has 0 spiro atoms. The zero-order valence-corrected chi connectivity index (χ0v) is 18.0. The van der Waals surface area contributed by atoms with Crippen molar-refractivity contribution in [1.29, 1.82) is 0 Å². The van der Waals surface area contributed by atoms with E-state index < -0.39 is 0 Å². The number of unbranched alkanes of at least 4 members (excludes halogenated alkanes) is 1. The van der Waals surface area contributed by atoms with Crippen LogP contribution in [0.2, 0.25) is 5.02 Å². The first-order chi connectivity index (χ1) is 14.7. The second kappa shape index (κ2) is 9.23. The molecule has 0 amide bonds. The summed E-state index contributed by atoms with van der Waals surface area (Å²) in [5.41, 5.74) is 4.27. The number of para-hydroxylation sites is 2. The number of aromatic nitrogens is 2. The van der Waals surface area contributed by atoms with Gasteiger partial charge in [-0.2, -0.15) is 0 Å². The number of nitrogens with zero attached hydrogens (tertiary/aromatic N) is 2. The van der Waals surface area contributed by atoms with Crippen LogP contribution in [-0.2, 0) is 6.54 Å². The molecule has 0 saturated heterocycles. The van der Waals surface area contributed by atoms with Crippen molar-refractivity contribution in [3.63, 3.8) is 0 Å². The van der Waals surface area contributed by atoms with Crippen molar-refractivity contribution in [3.8, 4) is 22.9 Å². The molecule has 5 heteroatoms. The summed E-state index contributed by atoms with van der Waals surface area (Å²) >= 11 is 6.08. The maximum Gasteiger partial charge on any atom is 0.141 e. The zero-order valence-electron chi connectivity index (χ0n) is 17.3. The minimum absolute atomic E-state index is 0.672. The van der Waals surface area contributed by atoms with E-state index in [1.807, 2.05) is 43.3 Å². The van der Waals surface area contributed by atoms with Crippen LogP contribution in [0.4, 0.5) is 0 Å². The molecule has 1 heterocycles. The van der Waals surface area contributed by atoms with Gasteiger partial charge >= 0.3 is 0 Å². The Labute approximate surface area is 182 Å². The second-order valence-corrected chi connectivity index (χ2v) is 7.68. The third-order valence-corrected chi connectivity index (χ3v) is 5.60. The average Bonchev–Trinajstić information content (AvgIpc) is 3.14. The molecule has 0 saturated carbocycles. The van der Waals surface area contributed by atoms with E-state index >= 15 is 0 Å². The van der Waals surface area contributed by atoms with Gasteiger partial charge in [0.15, 0.2) is 0 Å². The number of hydrogen-bond acceptors (Lipinski definition) is 3. The summed E-state index contributed by atoms with van der Waals surface area (Å²) in [5, 5.41) is 0.764. The number of aryl methyl sites for hydroxylation is 2. The molecule has 1 aromatic heterocycles. The molecule has 4 nitrogen and oxygen atoms in total. The first kappa shape index (κ1) is 20.3. The highest BCUT2D eigenvalue weighted by molar-refractivity contribution is 6.31. The van der Waals surface area contributed by atoms with E-state index in [0.717, 1.165) is 63.9 Å². The Hall–Kier alpha value is -2.98. The van der Waals surface area contributed by atoms with Crippen LogP contribution in [0, 0.1) is 6.92 Å². The number of imidazole rings is 1. The van der Waals surface area contributed by atoms with Gasteiger partial charge in [0.2, 0.25) is 0 Å². The smallest absolute Gasteiger partial charge is 0.141 e. The van der Waals surface area contributed by atoms with Gasteiger partial charge in [-0.05, 0) is 79.9 Å². The van der Waals surface area contributed by atoms with E-state index in [1.54, 1.807) is 7.11 Å². The largest absolute Gasteiger partial charge is 0.497 e. The van der Waals surface area contributed by atoms with Crippen molar-refractivity contribution >= 4 is 22.6 Å². The second-order valence-electron chi connectivity index (χ2n) is 7.27. The quantitative estimate of drug-likeness (QED) is 0.304. The Kier molecular flexibility index (Phi) is 6.24. The molecule has 154 valence electrons. The normalized spacial score (nSPS) is 11.0. The van der Waals surface area contributed by atoms with Crippen molar-refractivity contribution in [2.24, 2.45) is 0 Å². The molecular formula is C25H25ClN2O2. The lowest BCUT2D eigenvalue weighted by molar-refractivity contribution is 0.303. The molecule has 0 unspecified atom stereocenters. The standard InChI is InChI=1S/C25H25ClN2O2/c1-18-17-21(13-14-22(18)26)30-16-6-5-15-28-24-8-4-3-7-23(24)27-25(28)19-9-11-20(29-2)12-10-19/h3-4,7-14,17H,5-6,15-16H2,1-2H3. The Balaban J connectivity index is 1.45. The number of fused-ring (bicyclic) bond motifs is 1. The number of hydrogen-bond donors (Lipinski definition) is 0. The minimum Gasteiger partial charge on any atom is -0.497 e. The summed E-state index contributed by atoms with van der Waals surface area (Å²) in [6.07, 6.45) is 1.95. The predicted molar refractivity (Wildman–Crippen MR) is 123 cm³/mol. The first-order valence-electron chi connectivity index (χ1n) is 10.1. The Morgan fingerprint density at radius 3 is 2.47 bits per heavy atom. The zero-order chi connectivity index (χ0) is 20.9. The van der Waals surface area contributed by atoms with E-state index in [2.05, 4.69) is 34.9 Å². The molecule has 30 heavy (non-hydrogen) atoms. The highest BCUT2D eigenvalue weighted by Crippen LogP contribution is 2.27. The summed E-state index contributed by atoms with van der Waals surface area (Å²) in [7, 11) is 1.68. The van der Waals surface area contributed by atoms with E-state index in [1.165, 1.54) is 0 Å². The fraction of sp³-hybridized carbons (Fsp3) is 0.240. The third kappa shape index (κ3) is 4.44. The van der Waals surface area contributed by atoms with Gasteiger partial charge in [-0.15, -0.1) is 0 Å². The molecule has 0 atom stereocenters. The maximum atomic E-state index is 6.08. The minimum atomic E-state index is 0.672. The number of halogens is 1. The Morgan fingerprint density at radius 2 is 1.70 bits per heavy atom. The predicted octanol–water partition coefficient (Wildman–Crippen LogP) is 6.53. The van der Waals surface area contributed by atoms with Gasteiger partial charge in [-0.3, -0.25) is 0 Å². The molecule has 0 aliphatic heterocycles. The number of rotatable bonds is 8. The van der Waals surface area contributed by atoms with Crippen LogP contribution in [0.15, 0.2) is 66.7 Å². The van der Waals surface area contributed by atoms with Crippen molar-refractivity contribution in [2.45, 2.75) is 26.3 Å². The van der Waals surface area contributed by atoms with Gasteiger partial charge in [0, 0.05) is 17.1 Å². The molecule has 0 radical (unpaired) electrons. The monoisotopic (exact) mass is 420 g/mol.